The molecule has 1 N–H and O–H groups in total. The SMILES string of the molecule is CCC(C)CNc1ncc(Br)cc1F. The Morgan fingerprint density at radius 3 is 2.93 bits per heavy atom. The Labute approximate surface area is 92.1 Å². The fourth-order valence-corrected chi connectivity index (χ4v) is 1.26. The van der Waals surface area contributed by atoms with E-state index >= 15 is 0 Å². The van der Waals surface area contributed by atoms with Crippen LogP contribution in [-0.4, -0.2) is 11.5 Å². The van der Waals surface area contributed by atoms with Crippen molar-refractivity contribution in [3.8, 4) is 0 Å². The molecule has 0 fully saturated rings. The lowest BCUT2D eigenvalue weighted by atomic mass is 10.1. The Morgan fingerprint density at radius 1 is 1.64 bits per heavy atom. The molecule has 1 atom stereocenters. The van der Waals surface area contributed by atoms with E-state index in [1.54, 1.807) is 6.20 Å². The van der Waals surface area contributed by atoms with Crippen molar-refractivity contribution in [2.45, 2.75) is 20.3 Å². The van der Waals surface area contributed by atoms with Gasteiger partial charge in [-0.1, -0.05) is 20.3 Å². The van der Waals surface area contributed by atoms with E-state index in [1.165, 1.54) is 6.07 Å². The highest BCUT2D eigenvalue weighted by atomic mass is 79.9. The minimum absolute atomic E-state index is 0.317. The van der Waals surface area contributed by atoms with Crippen molar-refractivity contribution in [1.29, 1.82) is 0 Å². The van der Waals surface area contributed by atoms with Gasteiger partial charge in [0.05, 0.1) is 0 Å². The zero-order chi connectivity index (χ0) is 10.6. The molecule has 0 aromatic carbocycles. The van der Waals surface area contributed by atoms with Gasteiger partial charge in [-0.25, -0.2) is 9.37 Å². The van der Waals surface area contributed by atoms with Gasteiger partial charge in [-0.2, -0.15) is 0 Å². The van der Waals surface area contributed by atoms with Gasteiger partial charge in [-0.3, -0.25) is 0 Å². The van der Waals surface area contributed by atoms with Crippen LogP contribution in [0.3, 0.4) is 0 Å². The summed E-state index contributed by atoms with van der Waals surface area (Å²) in [5.41, 5.74) is 0. The summed E-state index contributed by atoms with van der Waals surface area (Å²) < 4.78 is 13.9. The maximum atomic E-state index is 13.2. The zero-order valence-electron chi connectivity index (χ0n) is 8.35. The van der Waals surface area contributed by atoms with Crippen molar-refractivity contribution in [3.05, 3.63) is 22.6 Å². The molecule has 0 saturated carbocycles. The summed E-state index contributed by atoms with van der Waals surface area (Å²) in [5, 5.41) is 2.98. The van der Waals surface area contributed by atoms with Crippen molar-refractivity contribution < 1.29 is 4.39 Å². The summed E-state index contributed by atoms with van der Waals surface area (Å²) in [7, 11) is 0. The van der Waals surface area contributed by atoms with Crippen molar-refractivity contribution in [3.63, 3.8) is 0 Å². The lowest BCUT2D eigenvalue weighted by Crippen LogP contribution is -2.12. The molecule has 0 spiro atoms. The molecule has 1 aromatic rings. The number of rotatable bonds is 4. The van der Waals surface area contributed by atoms with Crippen LogP contribution in [0, 0.1) is 11.7 Å². The average molecular weight is 261 g/mol. The maximum absolute atomic E-state index is 13.2. The number of hydrogen-bond acceptors (Lipinski definition) is 2. The first kappa shape index (κ1) is 11.4. The van der Waals surface area contributed by atoms with Gasteiger partial charge in [0.2, 0.25) is 0 Å². The molecular weight excluding hydrogens is 247 g/mol. The van der Waals surface area contributed by atoms with E-state index in [9.17, 15) is 4.39 Å². The topological polar surface area (TPSA) is 24.9 Å². The van der Waals surface area contributed by atoms with Crippen LogP contribution in [-0.2, 0) is 0 Å². The standard InChI is InChI=1S/C10H14BrFN2/c1-3-7(2)5-13-10-9(12)4-8(11)6-14-10/h4,6-7H,3,5H2,1-2H3,(H,13,14). The highest BCUT2D eigenvalue weighted by molar-refractivity contribution is 9.10. The van der Waals surface area contributed by atoms with Gasteiger partial charge in [0.1, 0.15) is 0 Å². The van der Waals surface area contributed by atoms with Gasteiger partial charge in [-0.05, 0) is 27.9 Å². The molecule has 2 nitrogen and oxygen atoms in total. The molecule has 0 amide bonds. The lowest BCUT2D eigenvalue weighted by Gasteiger charge is -2.10. The van der Waals surface area contributed by atoms with Gasteiger partial charge < -0.3 is 5.32 Å². The third-order valence-electron chi connectivity index (χ3n) is 2.12. The normalized spacial score (nSPS) is 12.6. The first-order chi connectivity index (χ1) is 6.63. The van der Waals surface area contributed by atoms with Crippen LogP contribution in [0.5, 0.6) is 0 Å². The first-order valence-electron chi connectivity index (χ1n) is 4.68. The largest absolute Gasteiger partial charge is 0.367 e. The number of aromatic nitrogens is 1. The van der Waals surface area contributed by atoms with Crippen LogP contribution in [0.4, 0.5) is 10.2 Å². The molecule has 78 valence electrons. The summed E-state index contributed by atoms with van der Waals surface area (Å²) in [5.74, 6) is 0.538. The Morgan fingerprint density at radius 2 is 2.36 bits per heavy atom. The molecule has 1 aromatic heterocycles. The molecule has 0 aliphatic rings. The Bertz CT molecular complexity index is 304. The summed E-state index contributed by atoms with van der Waals surface area (Å²) >= 11 is 3.16. The second-order valence-electron chi connectivity index (χ2n) is 3.38. The van der Waals surface area contributed by atoms with Crippen molar-refractivity contribution >= 4 is 21.7 Å². The van der Waals surface area contributed by atoms with E-state index in [4.69, 9.17) is 0 Å². The minimum Gasteiger partial charge on any atom is -0.367 e. The van der Waals surface area contributed by atoms with Crippen LogP contribution in [0.1, 0.15) is 20.3 Å². The van der Waals surface area contributed by atoms with Gasteiger partial charge in [-0.15, -0.1) is 0 Å². The van der Waals surface area contributed by atoms with E-state index < -0.39 is 0 Å². The molecule has 1 rings (SSSR count). The van der Waals surface area contributed by atoms with E-state index in [1.807, 2.05) is 0 Å². The van der Waals surface area contributed by atoms with Gasteiger partial charge in [0, 0.05) is 17.2 Å². The highest BCUT2D eigenvalue weighted by Gasteiger charge is 2.05. The predicted molar refractivity (Wildman–Crippen MR) is 59.8 cm³/mol. The minimum atomic E-state index is -0.317. The molecule has 0 radical (unpaired) electrons. The Kier molecular flexibility index (Phi) is 4.32. The molecule has 4 heteroatoms. The smallest absolute Gasteiger partial charge is 0.166 e. The maximum Gasteiger partial charge on any atom is 0.166 e. The Balaban J connectivity index is 2.59. The predicted octanol–water partition coefficient (Wildman–Crippen LogP) is 3.44. The van der Waals surface area contributed by atoms with Crippen LogP contribution in [0.25, 0.3) is 0 Å². The molecule has 1 unspecified atom stereocenters. The van der Waals surface area contributed by atoms with Crippen LogP contribution < -0.4 is 5.32 Å². The van der Waals surface area contributed by atoms with Gasteiger partial charge in [0.15, 0.2) is 11.6 Å². The molecule has 0 aliphatic heterocycles. The van der Waals surface area contributed by atoms with E-state index in [0.29, 0.717) is 16.2 Å². The first-order valence-corrected chi connectivity index (χ1v) is 5.47. The average Bonchev–Trinajstić information content (AvgIpc) is 2.16. The molecule has 1 heterocycles. The van der Waals surface area contributed by atoms with Gasteiger partial charge in [0.25, 0.3) is 0 Å². The molecule has 14 heavy (non-hydrogen) atoms. The summed E-state index contributed by atoms with van der Waals surface area (Å²) in [6.07, 6.45) is 2.66. The quantitative estimate of drug-likeness (QED) is 0.898. The molecular formula is C10H14BrFN2. The van der Waals surface area contributed by atoms with Crippen LogP contribution in [0.2, 0.25) is 0 Å². The molecule has 0 saturated heterocycles. The Hall–Kier alpha value is -0.640. The number of anilines is 1. The lowest BCUT2D eigenvalue weighted by molar-refractivity contribution is 0.582. The third kappa shape index (κ3) is 3.25. The zero-order valence-corrected chi connectivity index (χ0v) is 9.94. The fourth-order valence-electron chi connectivity index (χ4n) is 0.960. The molecule has 0 bridgehead atoms. The van der Waals surface area contributed by atoms with Gasteiger partial charge >= 0.3 is 0 Å². The monoisotopic (exact) mass is 260 g/mol. The van der Waals surface area contributed by atoms with Crippen LogP contribution >= 0.6 is 15.9 Å². The molecule has 0 aliphatic carbocycles. The second kappa shape index (κ2) is 5.29. The van der Waals surface area contributed by atoms with E-state index in [2.05, 4.69) is 40.1 Å². The summed E-state index contributed by atoms with van der Waals surface area (Å²) in [6, 6.07) is 1.41. The summed E-state index contributed by atoms with van der Waals surface area (Å²) in [6.45, 7) is 4.98. The second-order valence-corrected chi connectivity index (χ2v) is 4.29. The number of hydrogen-bond donors (Lipinski definition) is 1. The van der Waals surface area contributed by atoms with Crippen molar-refractivity contribution in [2.24, 2.45) is 5.92 Å². The highest BCUT2D eigenvalue weighted by Crippen LogP contribution is 2.16. The van der Waals surface area contributed by atoms with Crippen LogP contribution in [0.15, 0.2) is 16.7 Å². The van der Waals surface area contributed by atoms with E-state index in [0.717, 1.165) is 13.0 Å². The number of pyridine rings is 1. The summed E-state index contributed by atoms with van der Waals surface area (Å²) in [4.78, 5) is 3.95. The number of halogens is 2. The third-order valence-corrected chi connectivity index (χ3v) is 2.56. The van der Waals surface area contributed by atoms with Crippen molar-refractivity contribution in [1.82, 2.24) is 4.98 Å². The number of nitrogens with one attached hydrogen (secondary N) is 1. The fraction of sp³-hybridized carbons (Fsp3) is 0.500. The van der Waals surface area contributed by atoms with E-state index in [-0.39, 0.29) is 5.82 Å². The number of nitrogens with zero attached hydrogens (tertiary/aromatic N) is 1. The van der Waals surface area contributed by atoms with Crippen molar-refractivity contribution in [2.75, 3.05) is 11.9 Å².